The predicted molar refractivity (Wildman–Crippen MR) is 67.3 cm³/mol. The molecule has 5 heteroatoms. The van der Waals surface area contributed by atoms with E-state index in [0.717, 1.165) is 25.8 Å². The Morgan fingerprint density at radius 2 is 1.75 bits per heavy atom. The zero-order chi connectivity index (χ0) is 12.8. The molecule has 0 saturated heterocycles. The molecule has 0 bridgehead atoms. The predicted octanol–water partition coefficient (Wildman–Crippen LogP) is 0.902. The molecule has 0 saturated carbocycles. The van der Waals surface area contributed by atoms with Crippen molar-refractivity contribution in [2.24, 2.45) is 0 Å². The van der Waals surface area contributed by atoms with E-state index in [2.05, 4.69) is 4.90 Å². The first-order valence-corrected chi connectivity index (χ1v) is 7.76. The zero-order valence-corrected chi connectivity index (χ0v) is 11.6. The fourth-order valence-corrected chi connectivity index (χ4v) is 2.49. The van der Waals surface area contributed by atoms with Gasteiger partial charge < -0.3 is 10.0 Å². The Balaban J connectivity index is 4.03. The quantitative estimate of drug-likeness (QED) is 0.651. The minimum atomic E-state index is -2.96. The third-order valence-electron chi connectivity index (χ3n) is 3.22. The van der Waals surface area contributed by atoms with Gasteiger partial charge in [-0.1, -0.05) is 0 Å². The first-order valence-electron chi connectivity index (χ1n) is 5.80. The van der Waals surface area contributed by atoms with Gasteiger partial charge in [-0.15, -0.1) is 0 Å². The van der Waals surface area contributed by atoms with E-state index in [4.69, 9.17) is 5.11 Å². The Morgan fingerprint density at radius 1 is 1.19 bits per heavy atom. The van der Waals surface area contributed by atoms with Crippen LogP contribution in [0, 0.1) is 0 Å². The van der Waals surface area contributed by atoms with Crippen molar-refractivity contribution in [1.29, 1.82) is 0 Å². The van der Waals surface area contributed by atoms with Crippen LogP contribution in [0.15, 0.2) is 0 Å². The topological polar surface area (TPSA) is 57.6 Å². The maximum atomic E-state index is 11.4. The van der Waals surface area contributed by atoms with Gasteiger partial charge in [0, 0.05) is 18.9 Å². The molecule has 0 aliphatic rings. The van der Waals surface area contributed by atoms with Gasteiger partial charge in [0.2, 0.25) is 0 Å². The molecule has 2 atom stereocenters. The maximum absolute atomic E-state index is 11.4. The molecule has 98 valence electrons. The number of hydrogen-bond donors (Lipinski definition) is 1. The summed E-state index contributed by atoms with van der Waals surface area (Å²) < 4.78 is 22.8. The molecule has 16 heavy (non-hydrogen) atoms. The molecule has 0 aromatic carbocycles. The first-order chi connectivity index (χ1) is 7.30. The standard InChI is InChI=1S/C11H25NO3S/c1-10(11(2)16(4,14)15)12(3)8-6-5-7-9-13/h10-11,13H,5-9H2,1-4H3/t10-,11-/m1/s1. The zero-order valence-electron chi connectivity index (χ0n) is 10.8. The number of unbranched alkanes of at least 4 members (excludes halogenated alkanes) is 2. The molecule has 0 rings (SSSR count). The van der Waals surface area contributed by atoms with Crippen molar-refractivity contribution < 1.29 is 13.5 Å². The summed E-state index contributed by atoms with van der Waals surface area (Å²) in [5, 5.41) is 8.31. The van der Waals surface area contributed by atoms with E-state index in [1.165, 1.54) is 6.26 Å². The van der Waals surface area contributed by atoms with Crippen LogP contribution in [0.1, 0.15) is 33.1 Å². The number of hydrogen-bond acceptors (Lipinski definition) is 4. The van der Waals surface area contributed by atoms with Crippen molar-refractivity contribution in [3.8, 4) is 0 Å². The van der Waals surface area contributed by atoms with Crippen molar-refractivity contribution in [1.82, 2.24) is 4.90 Å². The molecule has 0 heterocycles. The van der Waals surface area contributed by atoms with Crippen molar-refractivity contribution in [3.63, 3.8) is 0 Å². The maximum Gasteiger partial charge on any atom is 0.151 e. The van der Waals surface area contributed by atoms with E-state index < -0.39 is 9.84 Å². The monoisotopic (exact) mass is 251 g/mol. The third kappa shape index (κ3) is 5.82. The summed E-state index contributed by atoms with van der Waals surface area (Å²) in [4.78, 5) is 2.07. The molecule has 1 N–H and O–H groups in total. The van der Waals surface area contributed by atoms with Crippen LogP contribution in [0.4, 0.5) is 0 Å². The molecule has 0 radical (unpaired) electrons. The van der Waals surface area contributed by atoms with Gasteiger partial charge in [-0.05, 0) is 46.7 Å². The van der Waals surface area contributed by atoms with Gasteiger partial charge in [-0.25, -0.2) is 8.42 Å². The van der Waals surface area contributed by atoms with Gasteiger partial charge in [0.1, 0.15) is 0 Å². The van der Waals surface area contributed by atoms with Crippen LogP contribution in [-0.4, -0.2) is 56.2 Å². The van der Waals surface area contributed by atoms with Gasteiger partial charge in [0.05, 0.1) is 5.25 Å². The Kier molecular flexibility index (Phi) is 7.19. The van der Waals surface area contributed by atoms with Crippen LogP contribution < -0.4 is 0 Å². The van der Waals surface area contributed by atoms with Crippen LogP contribution in [0.3, 0.4) is 0 Å². The molecule has 4 nitrogen and oxygen atoms in total. The smallest absolute Gasteiger partial charge is 0.151 e. The lowest BCUT2D eigenvalue weighted by molar-refractivity contribution is 0.239. The minimum absolute atomic E-state index is 0.0316. The fraction of sp³-hybridized carbons (Fsp3) is 1.00. The second kappa shape index (κ2) is 7.25. The highest BCUT2D eigenvalue weighted by atomic mass is 32.2. The normalized spacial score (nSPS) is 16.4. The van der Waals surface area contributed by atoms with Crippen molar-refractivity contribution in [2.45, 2.75) is 44.4 Å². The first kappa shape index (κ1) is 15.9. The Labute approximate surface area is 99.6 Å². The van der Waals surface area contributed by atoms with E-state index in [1.807, 2.05) is 14.0 Å². The molecule has 0 aromatic rings. The van der Waals surface area contributed by atoms with Crippen molar-refractivity contribution in [3.05, 3.63) is 0 Å². The summed E-state index contributed by atoms with van der Waals surface area (Å²) in [6.07, 6.45) is 4.09. The number of nitrogens with zero attached hydrogens (tertiary/aromatic N) is 1. The van der Waals surface area contributed by atoms with Crippen LogP contribution >= 0.6 is 0 Å². The Morgan fingerprint density at radius 3 is 2.19 bits per heavy atom. The largest absolute Gasteiger partial charge is 0.396 e. The van der Waals surface area contributed by atoms with E-state index in [-0.39, 0.29) is 17.9 Å². The number of aliphatic hydroxyl groups excluding tert-OH is 1. The van der Waals surface area contributed by atoms with E-state index in [0.29, 0.717) is 0 Å². The Bertz CT molecular complexity index is 277. The van der Waals surface area contributed by atoms with Crippen LogP contribution in [0.2, 0.25) is 0 Å². The highest BCUT2D eigenvalue weighted by Gasteiger charge is 2.24. The second-order valence-electron chi connectivity index (χ2n) is 4.54. The summed E-state index contributed by atoms with van der Waals surface area (Å²) in [6.45, 7) is 4.81. The van der Waals surface area contributed by atoms with Gasteiger partial charge in [-0.3, -0.25) is 0 Å². The molecule has 0 fully saturated rings. The van der Waals surface area contributed by atoms with Crippen LogP contribution in [0.5, 0.6) is 0 Å². The van der Waals surface area contributed by atoms with E-state index in [1.54, 1.807) is 6.92 Å². The van der Waals surface area contributed by atoms with Crippen LogP contribution in [-0.2, 0) is 9.84 Å². The molecular formula is C11H25NO3S. The number of aliphatic hydroxyl groups is 1. The van der Waals surface area contributed by atoms with Gasteiger partial charge >= 0.3 is 0 Å². The lowest BCUT2D eigenvalue weighted by Gasteiger charge is -2.28. The molecule has 0 aliphatic heterocycles. The number of sulfone groups is 1. The summed E-state index contributed by atoms with van der Waals surface area (Å²) in [6, 6.07) is 0.0316. The summed E-state index contributed by atoms with van der Waals surface area (Å²) in [5.74, 6) is 0. The highest BCUT2D eigenvalue weighted by Crippen LogP contribution is 2.11. The van der Waals surface area contributed by atoms with E-state index >= 15 is 0 Å². The molecule has 0 spiro atoms. The van der Waals surface area contributed by atoms with Gasteiger partial charge in [-0.2, -0.15) is 0 Å². The van der Waals surface area contributed by atoms with Crippen molar-refractivity contribution >= 4 is 9.84 Å². The van der Waals surface area contributed by atoms with Gasteiger partial charge in [0.15, 0.2) is 9.84 Å². The lowest BCUT2D eigenvalue weighted by atomic mass is 10.2. The molecule has 0 unspecified atom stereocenters. The third-order valence-corrected chi connectivity index (χ3v) is 4.96. The van der Waals surface area contributed by atoms with Crippen LogP contribution in [0.25, 0.3) is 0 Å². The summed E-state index contributed by atoms with van der Waals surface area (Å²) in [7, 11) is -1.01. The molecule has 0 amide bonds. The summed E-state index contributed by atoms with van der Waals surface area (Å²) in [5.41, 5.74) is 0. The molecular weight excluding hydrogens is 226 g/mol. The minimum Gasteiger partial charge on any atom is -0.396 e. The molecule has 0 aromatic heterocycles. The second-order valence-corrected chi connectivity index (χ2v) is 6.94. The fourth-order valence-electron chi connectivity index (χ4n) is 1.57. The van der Waals surface area contributed by atoms with Gasteiger partial charge in [0.25, 0.3) is 0 Å². The SMILES string of the molecule is C[C@H]([C@@H](C)S(C)(=O)=O)N(C)CCCCCO. The Hall–Kier alpha value is -0.130. The summed E-state index contributed by atoms with van der Waals surface area (Å²) >= 11 is 0. The van der Waals surface area contributed by atoms with Crippen molar-refractivity contribution in [2.75, 3.05) is 26.5 Å². The highest BCUT2D eigenvalue weighted by molar-refractivity contribution is 7.91. The average Bonchev–Trinajstić information content (AvgIpc) is 2.20. The number of rotatable bonds is 8. The van der Waals surface area contributed by atoms with E-state index in [9.17, 15) is 8.42 Å². The lowest BCUT2D eigenvalue weighted by Crippen LogP contribution is -2.41. The molecule has 0 aliphatic carbocycles. The average molecular weight is 251 g/mol.